The molecule has 0 N–H and O–H groups in total. The minimum atomic E-state index is 1.08. The van der Waals surface area contributed by atoms with Crippen LogP contribution in [-0.2, 0) is 6.54 Å². The average molecular weight is 300 g/mol. The number of likely N-dealkylation sites (N-methyl/N-ethyl adjacent to an activating group) is 1. The van der Waals surface area contributed by atoms with Crippen LogP contribution in [0.15, 0.2) is 42.5 Å². The molecular formula is C20H32N2. The summed E-state index contributed by atoms with van der Waals surface area (Å²) in [5, 5.41) is 2.75. The first-order valence-electron chi connectivity index (χ1n) is 8.70. The van der Waals surface area contributed by atoms with Crippen molar-refractivity contribution in [3.8, 4) is 0 Å². The SMILES string of the molecule is CC.CC.CN1CCN(Cc2cccc3ccccc23)CC1. The summed E-state index contributed by atoms with van der Waals surface area (Å²) in [6.07, 6.45) is 0. The lowest BCUT2D eigenvalue weighted by molar-refractivity contribution is 0.148. The lowest BCUT2D eigenvalue weighted by Gasteiger charge is -2.32. The second kappa shape index (κ2) is 10.4. The third-order valence-corrected chi connectivity index (χ3v) is 3.87. The van der Waals surface area contributed by atoms with Gasteiger partial charge in [0.1, 0.15) is 0 Å². The summed E-state index contributed by atoms with van der Waals surface area (Å²) < 4.78 is 0. The lowest BCUT2D eigenvalue weighted by Crippen LogP contribution is -2.43. The Bertz CT molecular complexity index is 523. The maximum absolute atomic E-state index is 2.56. The molecule has 0 aliphatic carbocycles. The average Bonchev–Trinajstić information content (AvgIpc) is 2.61. The Morgan fingerprint density at radius 3 is 2.05 bits per heavy atom. The fraction of sp³-hybridized carbons (Fsp3) is 0.500. The third-order valence-electron chi connectivity index (χ3n) is 3.87. The zero-order valence-electron chi connectivity index (χ0n) is 15.0. The summed E-state index contributed by atoms with van der Waals surface area (Å²) in [6, 6.07) is 15.3. The van der Waals surface area contributed by atoms with Gasteiger partial charge in [-0.25, -0.2) is 0 Å². The minimum absolute atomic E-state index is 1.08. The monoisotopic (exact) mass is 300 g/mol. The van der Waals surface area contributed by atoms with Crippen LogP contribution in [-0.4, -0.2) is 43.0 Å². The van der Waals surface area contributed by atoms with Gasteiger partial charge in [-0.3, -0.25) is 4.90 Å². The molecule has 2 aromatic carbocycles. The van der Waals surface area contributed by atoms with Gasteiger partial charge >= 0.3 is 0 Å². The molecule has 2 nitrogen and oxygen atoms in total. The summed E-state index contributed by atoms with van der Waals surface area (Å²) in [4.78, 5) is 4.96. The zero-order chi connectivity index (χ0) is 16.4. The molecular weight excluding hydrogens is 268 g/mol. The molecule has 0 unspecified atom stereocenters. The maximum atomic E-state index is 2.56. The van der Waals surface area contributed by atoms with Crippen molar-refractivity contribution in [3.05, 3.63) is 48.0 Å². The van der Waals surface area contributed by atoms with Gasteiger partial charge in [-0.1, -0.05) is 70.2 Å². The molecule has 1 aliphatic rings. The maximum Gasteiger partial charge on any atom is 0.0240 e. The van der Waals surface area contributed by atoms with E-state index < -0.39 is 0 Å². The largest absolute Gasteiger partial charge is 0.304 e. The van der Waals surface area contributed by atoms with E-state index in [0.29, 0.717) is 0 Å². The standard InChI is InChI=1S/C16H20N2.2C2H6/c1-17-9-11-18(12-10-17)13-15-7-4-6-14-5-2-3-8-16(14)15;2*1-2/h2-8H,9-13H2,1H3;2*1-2H3. The molecule has 2 aromatic rings. The van der Waals surface area contributed by atoms with Crippen LogP contribution in [0.5, 0.6) is 0 Å². The van der Waals surface area contributed by atoms with Crippen molar-refractivity contribution in [3.63, 3.8) is 0 Å². The van der Waals surface area contributed by atoms with Crippen LogP contribution in [0, 0.1) is 0 Å². The fourth-order valence-electron chi connectivity index (χ4n) is 2.68. The van der Waals surface area contributed by atoms with Crippen molar-refractivity contribution in [2.75, 3.05) is 33.2 Å². The van der Waals surface area contributed by atoms with E-state index in [1.807, 2.05) is 27.7 Å². The van der Waals surface area contributed by atoms with Crippen LogP contribution in [0.25, 0.3) is 10.8 Å². The van der Waals surface area contributed by atoms with Crippen molar-refractivity contribution in [1.82, 2.24) is 9.80 Å². The molecule has 0 aromatic heterocycles. The number of nitrogens with zero attached hydrogens (tertiary/aromatic N) is 2. The second-order valence-corrected chi connectivity index (χ2v) is 5.22. The quantitative estimate of drug-likeness (QED) is 0.797. The van der Waals surface area contributed by atoms with E-state index in [4.69, 9.17) is 0 Å². The molecule has 0 bridgehead atoms. The second-order valence-electron chi connectivity index (χ2n) is 5.22. The summed E-state index contributed by atoms with van der Waals surface area (Å²) in [6.45, 7) is 13.8. The molecule has 22 heavy (non-hydrogen) atoms. The molecule has 0 spiro atoms. The number of hydrogen-bond donors (Lipinski definition) is 0. The Balaban J connectivity index is 0.000000561. The first-order valence-corrected chi connectivity index (χ1v) is 8.70. The first kappa shape index (κ1) is 18.7. The number of hydrogen-bond acceptors (Lipinski definition) is 2. The van der Waals surface area contributed by atoms with E-state index in [1.54, 1.807) is 0 Å². The van der Waals surface area contributed by atoms with E-state index in [2.05, 4.69) is 59.3 Å². The predicted octanol–water partition coefficient (Wildman–Crippen LogP) is 4.64. The van der Waals surface area contributed by atoms with Crippen molar-refractivity contribution in [1.29, 1.82) is 0 Å². The molecule has 122 valence electrons. The Kier molecular flexibility index (Phi) is 8.79. The summed E-state index contributed by atoms with van der Waals surface area (Å²) in [5.41, 5.74) is 1.46. The van der Waals surface area contributed by atoms with Crippen LogP contribution >= 0.6 is 0 Å². The highest BCUT2D eigenvalue weighted by Gasteiger charge is 2.14. The molecule has 0 atom stereocenters. The molecule has 1 heterocycles. The topological polar surface area (TPSA) is 6.48 Å². The van der Waals surface area contributed by atoms with Gasteiger partial charge in [0.2, 0.25) is 0 Å². The van der Waals surface area contributed by atoms with Gasteiger partial charge in [-0.05, 0) is 23.4 Å². The van der Waals surface area contributed by atoms with Crippen molar-refractivity contribution in [2.24, 2.45) is 0 Å². The number of benzene rings is 2. The molecule has 1 fully saturated rings. The summed E-state index contributed by atoms with van der Waals surface area (Å²) in [5.74, 6) is 0. The van der Waals surface area contributed by atoms with E-state index in [0.717, 1.165) is 6.54 Å². The van der Waals surface area contributed by atoms with Crippen molar-refractivity contribution >= 4 is 10.8 Å². The Hall–Kier alpha value is -1.38. The Morgan fingerprint density at radius 2 is 1.36 bits per heavy atom. The molecule has 0 radical (unpaired) electrons. The Morgan fingerprint density at radius 1 is 0.773 bits per heavy atom. The molecule has 1 saturated heterocycles. The van der Waals surface area contributed by atoms with Crippen LogP contribution in [0.4, 0.5) is 0 Å². The van der Waals surface area contributed by atoms with E-state index in [-0.39, 0.29) is 0 Å². The van der Waals surface area contributed by atoms with Gasteiger partial charge in [0.25, 0.3) is 0 Å². The van der Waals surface area contributed by atoms with Crippen LogP contribution in [0.1, 0.15) is 33.3 Å². The molecule has 0 amide bonds. The van der Waals surface area contributed by atoms with Crippen LogP contribution in [0.2, 0.25) is 0 Å². The molecule has 2 heteroatoms. The minimum Gasteiger partial charge on any atom is -0.304 e. The van der Waals surface area contributed by atoms with Gasteiger partial charge < -0.3 is 4.90 Å². The molecule has 3 rings (SSSR count). The van der Waals surface area contributed by atoms with Gasteiger partial charge in [-0.2, -0.15) is 0 Å². The predicted molar refractivity (Wildman–Crippen MR) is 99.4 cm³/mol. The molecule has 1 aliphatic heterocycles. The normalized spacial score (nSPS) is 15.5. The number of piperazine rings is 1. The lowest BCUT2D eigenvalue weighted by atomic mass is 10.0. The van der Waals surface area contributed by atoms with E-state index >= 15 is 0 Å². The van der Waals surface area contributed by atoms with Gasteiger partial charge in [0, 0.05) is 32.7 Å². The Labute approximate surface area is 136 Å². The first-order chi connectivity index (χ1) is 10.8. The molecule has 0 saturated carbocycles. The number of fused-ring (bicyclic) bond motifs is 1. The summed E-state index contributed by atoms with van der Waals surface area (Å²) >= 11 is 0. The zero-order valence-corrected chi connectivity index (χ0v) is 15.0. The van der Waals surface area contributed by atoms with Crippen molar-refractivity contribution in [2.45, 2.75) is 34.2 Å². The number of rotatable bonds is 2. The fourth-order valence-corrected chi connectivity index (χ4v) is 2.68. The van der Waals surface area contributed by atoms with E-state index in [9.17, 15) is 0 Å². The summed E-state index contributed by atoms with van der Waals surface area (Å²) in [7, 11) is 2.20. The van der Waals surface area contributed by atoms with Gasteiger partial charge in [-0.15, -0.1) is 0 Å². The van der Waals surface area contributed by atoms with Crippen LogP contribution in [0.3, 0.4) is 0 Å². The highest BCUT2D eigenvalue weighted by Crippen LogP contribution is 2.20. The van der Waals surface area contributed by atoms with E-state index in [1.165, 1.54) is 42.5 Å². The smallest absolute Gasteiger partial charge is 0.0240 e. The highest BCUT2D eigenvalue weighted by molar-refractivity contribution is 5.85. The van der Waals surface area contributed by atoms with Gasteiger partial charge in [0.05, 0.1) is 0 Å². The third kappa shape index (κ3) is 5.11. The van der Waals surface area contributed by atoms with Crippen molar-refractivity contribution < 1.29 is 0 Å². The highest BCUT2D eigenvalue weighted by atomic mass is 15.2. The van der Waals surface area contributed by atoms with Gasteiger partial charge in [0.15, 0.2) is 0 Å². The van der Waals surface area contributed by atoms with Crippen LogP contribution < -0.4 is 0 Å².